The van der Waals surface area contributed by atoms with Crippen molar-refractivity contribution in [3.63, 3.8) is 0 Å². The van der Waals surface area contributed by atoms with Crippen LogP contribution in [0, 0.1) is 0 Å². The summed E-state index contributed by atoms with van der Waals surface area (Å²) >= 11 is 0. The smallest absolute Gasteiger partial charge is 0.323 e. The Morgan fingerprint density at radius 2 is 1.85 bits per heavy atom. The van der Waals surface area contributed by atoms with Crippen molar-refractivity contribution >= 4 is 11.9 Å². The Balaban J connectivity index is 2.39. The van der Waals surface area contributed by atoms with Crippen LogP contribution in [-0.4, -0.2) is 46.6 Å². The number of nitrogens with one attached hydrogen (secondary N) is 1. The minimum Gasteiger partial charge on any atom is -0.480 e. The molecular weight excluding hydrogens is 256 g/mol. The number of carboxylic acid groups (broad SMARTS) is 1. The molecule has 0 bridgehead atoms. The molecule has 1 aliphatic carbocycles. The molecule has 0 heterocycles. The minimum atomic E-state index is -0.931. The molecule has 116 valence electrons. The minimum absolute atomic E-state index is 0.0385. The van der Waals surface area contributed by atoms with E-state index in [2.05, 4.69) is 5.32 Å². The number of carbonyl (C=O) groups excluding carboxylic acids is 1. The van der Waals surface area contributed by atoms with Gasteiger partial charge in [-0.3, -0.25) is 14.5 Å². The number of hydrogen-bond donors (Lipinski definition) is 2. The van der Waals surface area contributed by atoms with E-state index in [9.17, 15) is 14.7 Å². The Bertz CT molecular complexity index is 336. The van der Waals surface area contributed by atoms with Gasteiger partial charge in [0.2, 0.25) is 5.91 Å². The largest absolute Gasteiger partial charge is 0.480 e. The Hall–Kier alpha value is -1.10. The van der Waals surface area contributed by atoms with Crippen molar-refractivity contribution in [2.75, 3.05) is 13.1 Å². The number of carbonyl (C=O) groups is 2. The SMILES string of the molecule is CCN(CCC(=O)NC1CCCCC1)C(C)(C)C(=O)O. The molecule has 0 aromatic rings. The third-order valence-electron chi connectivity index (χ3n) is 4.27. The lowest BCUT2D eigenvalue weighted by Crippen LogP contribution is -2.51. The van der Waals surface area contributed by atoms with Gasteiger partial charge in [-0.05, 0) is 33.2 Å². The zero-order valence-electron chi connectivity index (χ0n) is 12.9. The van der Waals surface area contributed by atoms with Crippen molar-refractivity contribution in [3.05, 3.63) is 0 Å². The molecule has 0 atom stereocenters. The molecule has 1 rings (SSSR count). The van der Waals surface area contributed by atoms with Gasteiger partial charge in [-0.15, -0.1) is 0 Å². The lowest BCUT2D eigenvalue weighted by molar-refractivity contribution is -0.149. The number of amides is 1. The number of rotatable bonds is 7. The van der Waals surface area contributed by atoms with Crippen molar-refractivity contribution in [1.29, 1.82) is 0 Å². The average molecular weight is 284 g/mol. The highest BCUT2D eigenvalue weighted by atomic mass is 16.4. The van der Waals surface area contributed by atoms with Gasteiger partial charge in [-0.1, -0.05) is 26.2 Å². The summed E-state index contributed by atoms with van der Waals surface area (Å²) in [6, 6.07) is 0.318. The highest BCUT2D eigenvalue weighted by Crippen LogP contribution is 2.18. The van der Waals surface area contributed by atoms with E-state index < -0.39 is 11.5 Å². The number of carboxylic acids is 1. The van der Waals surface area contributed by atoms with Crippen LogP contribution in [0.1, 0.15) is 59.3 Å². The maximum Gasteiger partial charge on any atom is 0.323 e. The Morgan fingerprint density at radius 3 is 2.35 bits per heavy atom. The summed E-state index contributed by atoms with van der Waals surface area (Å²) in [6.45, 7) is 6.38. The predicted molar refractivity (Wildman–Crippen MR) is 78.6 cm³/mol. The summed E-state index contributed by atoms with van der Waals surface area (Å²) in [7, 11) is 0. The van der Waals surface area contributed by atoms with Gasteiger partial charge < -0.3 is 10.4 Å². The highest BCUT2D eigenvalue weighted by molar-refractivity contribution is 5.78. The number of likely N-dealkylation sites (N-methyl/N-ethyl adjacent to an activating group) is 1. The van der Waals surface area contributed by atoms with Gasteiger partial charge in [-0.2, -0.15) is 0 Å². The molecule has 1 aliphatic rings. The first kappa shape index (κ1) is 17.0. The quantitative estimate of drug-likeness (QED) is 0.750. The molecule has 0 spiro atoms. The van der Waals surface area contributed by atoms with Crippen LogP contribution < -0.4 is 5.32 Å². The monoisotopic (exact) mass is 284 g/mol. The Labute approximate surface area is 121 Å². The second kappa shape index (κ2) is 7.62. The van der Waals surface area contributed by atoms with Crippen molar-refractivity contribution < 1.29 is 14.7 Å². The van der Waals surface area contributed by atoms with Gasteiger partial charge in [0.15, 0.2) is 0 Å². The zero-order chi connectivity index (χ0) is 15.2. The molecule has 0 saturated heterocycles. The molecule has 5 nitrogen and oxygen atoms in total. The molecule has 2 N–H and O–H groups in total. The summed E-state index contributed by atoms with van der Waals surface area (Å²) in [5.74, 6) is -0.816. The second-order valence-corrected chi connectivity index (χ2v) is 6.10. The van der Waals surface area contributed by atoms with Crippen LogP contribution in [0.3, 0.4) is 0 Å². The lowest BCUT2D eigenvalue weighted by Gasteiger charge is -2.34. The van der Waals surface area contributed by atoms with Crippen LogP contribution in [0.15, 0.2) is 0 Å². The van der Waals surface area contributed by atoms with E-state index in [4.69, 9.17) is 0 Å². The summed E-state index contributed by atoms with van der Waals surface area (Å²) in [5, 5.41) is 12.3. The third kappa shape index (κ3) is 4.78. The first-order valence-electron chi connectivity index (χ1n) is 7.65. The van der Waals surface area contributed by atoms with Gasteiger partial charge in [0.1, 0.15) is 5.54 Å². The molecule has 5 heteroatoms. The molecule has 1 amide bonds. The summed E-state index contributed by atoms with van der Waals surface area (Å²) in [4.78, 5) is 25.0. The Kier molecular flexibility index (Phi) is 6.46. The first-order valence-corrected chi connectivity index (χ1v) is 7.65. The van der Waals surface area contributed by atoms with Crippen LogP contribution in [0.2, 0.25) is 0 Å². The fourth-order valence-corrected chi connectivity index (χ4v) is 2.75. The summed E-state index contributed by atoms with van der Waals surface area (Å²) in [5.41, 5.74) is -0.931. The number of nitrogens with zero attached hydrogens (tertiary/aromatic N) is 1. The van der Waals surface area contributed by atoms with Crippen molar-refractivity contribution in [2.24, 2.45) is 0 Å². The van der Waals surface area contributed by atoms with Crippen LogP contribution in [0.4, 0.5) is 0 Å². The highest BCUT2D eigenvalue weighted by Gasteiger charge is 2.33. The summed E-state index contributed by atoms with van der Waals surface area (Å²) < 4.78 is 0. The fraction of sp³-hybridized carbons (Fsp3) is 0.867. The molecular formula is C15H28N2O3. The summed E-state index contributed by atoms with van der Waals surface area (Å²) in [6.07, 6.45) is 6.16. The topological polar surface area (TPSA) is 69.6 Å². The van der Waals surface area contributed by atoms with E-state index in [1.807, 2.05) is 11.8 Å². The molecule has 1 saturated carbocycles. The van der Waals surface area contributed by atoms with E-state index in [-0.39, 0.29) is 5.91 Å². The zero-order valence-corrected chi connectivity index (χ0v) is 12.9. The van der Waals surface area contributed by atoms with Crippen LogP contribution in [0.25, 0.3) is 0 Å². The number of hydrogen-bond acceptors (Lipinski definition) is 3. The van der Waals surface area contributed by atoms with E-state index in [1.54, 1.807) is 13.8 Å². The lowest BCUT2D eigenvalue weighted by atomic mass is 9.95. The molecule has 20 heavy (non-hydrogen) atoms. The van der Waals surface area contributed by atoms with Crippen molar-refractivity contribution in [2.45, 2.75) is 70.9 Å². The average Bonchev–Trinajstić information content (AvgIpc) is 2.40. The normalized spacial score (nSPS) is 17.2. The van der Waals surface area contributed by atoms with Crippen molar-refractivity contribution in [1.82, 2.24) is 10.2 Å². The third-order valence-corrected chi connectivity index (χ3v) is 4.27. The van der Waals surface area contributed by atoms with E-state index in [1.165, 1.54) is 19.3 Å². The van der Waals surface area contributed by atoms with E-state index in [0.29, 0.717) is 25.6 Å². The van der Waals surface area contributed by atoms with Gasteiger partial charge in [0.05, 0.1) is 0 Å². The van der Waals surface area contributed by atoms with Gasteiger partial charge >= 0.3 is 5.97 Å². The van der Waals surface area contributed by atoms with Gasteiger partial charge in [0.25, 0.3) is 0 Å². The van der Waals surface area contributed by atoms with Crippen LogP contribution >= 0.6 is 0 Å². The maximum atomic E-state index is 11.9. The van der Waals surface area contributed by atoms with Gasteiger partial charge in [-0.25, -0.2) is 0 Å². The van der Waals surface area contributed by atoms with E-state index >= 15 is 0 Å². The molecule has 0 aromatic carbocycles. The second-order valence-electron chi connectivity index (χ2n) is 6.10. The molecule has 0 aromatic heterocycles. The van der Waals surface area contributed by atoms with Crippen LogP contribution in [-0.2, 0) is 9.59 Å². The predicted octanol–water partition coefficient (Wildman–Crippen LogP) is 2.01. The molecule has 0 radical (unpaired) electrons. The number of aliphatic carboxylic acids is 1. The fourth-order valence-electron chi connectivity index (χ4n) is 2.75. The maximum absolute atomic E-state index is 11.9. The molecule has 0 aliphatic heterocycles. The standard InChI is InChI=1S/C15H28N2O3/c1-4-17(15(2,3)14(19)20)11-10-13(18)16-12-8-6-5-7-9-12/h12H,4-11H2,1-3H3,(H,16,18)(H,19,20). The van der Waals surface area contributed by atoms with Crippen molar-refractivity contribution in [3.8, 4) is 0 Å². The van der Waals surface area contributed by atoms with Gasteiger partial charge in [0, 0.05) is 19.0 Å². The molecule has 1 fully saturated rings. The van der Waals surface area contributed by atoms with E-state index in [0.717, 1.165) is 12.8 Å². The van der Waals surface area contributed by atoms with Crippen LogP contribution in [0.5, 0.6) is 0 Å². The Morgan fingerprint density at radius 1 is 1.25 bits per heavy atom. The molecule has 0 unspecified atom stereocenters. The first-order chi connectivity index (χ1) is 9.37.